The highest BCUT2D eigenvalue weighted by Gasteiger charge is 2.59. The normalized spacial score (nSPS) is 37.9. The second-order valence-electron chi connectivity index (χ2n) is 9.47. The third-order valence-corrected chi connectivity index (χ3v) is 7.80. The summed E-state index contributed by atoms with van der Waals surface area (Å²) < 4.78 is 0. The van der Waals surface area contributed by atoms with Crippen molar-refractivity contribution in [3.8, 4) is 0 Å². The molecule has 3 N–H and O–H groups in total. The van der Waals surface area contributed by atoms with Crippen molar-refractivity contribution in [2.24, 2.45) is 22.7 Å². The van der Waals surface area contributed by atoms with Gasteiger partial charge in [0.05, 0.1) is 18.8 Å². The van der Waals surface area contributed by atoms with E-state index in [-0.39, 0.29) is 29.8 Å². The van der Waals surface area contributed by atoms with E-state index < -0.39 is 17.6 Å². The van der Waals surface area contributed by atoms with Crippen LogP contribution in [0.5, 0.6) is 0 Å². The minimum Gasteiger partial charge on any atom is -0.396 e. The van der Waals surface area contributed by atoms with Crippen LogP contribution in [0.3, 0.4) is 0 Å². The van der Waals surface area contributed by atoms with Gasteiger partial charge in [0.1, 0.15) is 0 Å². The fourth-order valence-electron chi connectivity index (χ4n) is 5.89. The molecule has 1 aromatic carbocycles. The van der Waals surface area contributed by atoms with Crippen LogP contribution in [0.4, 0.5) is 0 Å². The molecule has 0 aliphatic heterocycles. The summed E-state index contributed by atoms with van der Waals surface area (Å²) in [7, 11) is 1.81. The topological polar surface area (TPSA) is 81.0 Å². The number of carbonyl (C=O) groups excluding carboxylic acids is 1. The first-order valence-corrected chi connectivity index (χ1v) is 10.5. The molecule has 3 rings (SSSR count). The molecule has 0 bridgehead atoms. The number of carbonyl (C=O) groups is 1. The molecule has 0 aromatic heterocycles. The van der Waals surface area contributed by atoms with E-state index in [4.69, 9.17) is 0 Å². The first kappa shape index (κ1) is 21.3. The van der Waals surface area contributed by atoms with Gasteiger partial charge in [-0.25, -0.2) is 0 Å². The van der Waals surface area contributed by atoms with Gasteiger partial charge < -0.3 is 20.2 Å². The van der Waals surface area contributed by atoms with Gasteiger partial charge in [-0.1, -0.05) is 44.2 Å². The molecule has 2 fully saturated rings. The molecule has 5 nitrogen and oxygen atoms in total. The Morgan fingerprint density at radius 2 is 1.82 bits per heavy atom. The van der Waals surface area contributed by atoms with Crippen LogP contribution in [0.2, 0.25) is 0 Å². The van der Waals surface area contributed by atoms with E-state index in [2.05, 4.69) is 6.92 Å². The summed E-state index contributed by atoms with van der Waals surface area (Å²) in [5, 5.41) is 31.4. The lowest BCUT2D eigenvalue weighted by molar-refractivity contribution is -0.187. The molecule has 5 heteroatoms. The fraction of sp³-hybridized carbons (Fsp3) is 0.696. The number of hydrogen-bond acceptors (Lipinski definition) is 4. The van der Waals surface area contributed by atoms with Gasteiger partial charge in [0.15, 0.2) is 0 Å². The Bertz CT molecular complexity index is 680. The molecule has 0 spiro atoms. The average Bonchev–Trinajstić information content (AvgIpc) is 2.68. The van der Waals surface area contributed by atoms with E-state index in [0.717, 1.165) is 18.4 Å². The SMILES string of the molecule is CN(Cc1ccccc1)C(=O)C[C@@H]1[C@H](O)CCC2[C@](C)(CO)[C@H](O)CC[C@]21C. The van der Waals surface area contributed by atoms with Crippen LogP contribution in [0.15, 0.2) is 30.3 Å². The van der Waals surface area contributed by atoms with E-state index >= 15 is 0 Å². The molecule has 1 amide bonds. The number of nitrogens with zero attached hydrogens (tertiary/aromatic N) is 1. The lowest BCUT2D eigenvalue weighted by Crippen LogP contribution is -2.60. The maximum Gasteiger partial charge on any atom is 0.223 e. The Morgan fingerprint density at radius 3 is 2.46 bits per heavy atom. The molecule has 1 unspecified atom stereocenters. The highest BCUT2D eigenvalue weighted by molar-refractivity contribution is 5.76. The quantitative estimate of drug-likeness (QED) is 0.723. The van der Waals surface area contributed by atoms with Gasteiger partial charge in [0.25, 0.3) is 0 Å². The minimum atomic E-state index is -0.579. The summed E-state index contributed by atoms with van der Waals surface area (Å²) in [5.41, 5.74) is 0.238. The Kier molecular flexibility index (Phi) is 6.18. The lowest BCUT2D eigenvalue weighted by atomic mass is 9.46. The van der Waals surface area contributed by atoms with Crippen LogP contribution < -0.4 is 0 Å². The van der Waals surface area contributed by atoms with Gasteiger partial charge in [-0.2, -0.15) is 0 Å². The first-order chi connectivity index (χ1) is 13.2. The Hall–Kier alpha value is -1.43. The van der Waals surface area contributed by atoms with E-state index in [1.54, 1.807) is 4.90 Å². The molecule has 0 heterocycles. The van der Waals surface area contributed by atoms with E-state index in [1.165, 1.54) is 0 Å². The number of hydrogen-bond donors (Lipinski definition) is 3. The summed E-state index contributed by atoms with van der Waals surface area (Å²) in [6.45, 7) is 4.58. The maximum atomic E-state index is 13.0. The number of amides is 1. The Labute approximate surface area is 168 Å². The van der Waals surface area contributed by atoms with Gasteiger partial charge in [-0.15, -0.1) is 0 Å². The minimum absolute atomic E-state index is 0.0339. The van der Waals surface area contributed by atoms with Gasteiger partial charge in [-0.3, -0.25) is 4.79 Å². The third kappa shape index (κ3) is 3.72. The van der Waals surface area contributed by atoms with Crippen molar-refractivity contribution in [1.29, 1.82) is 0 Å². The monoisotopic (exact) mass is 389 g/mol. The number of benzene rings is 1. The van der Waals surface area contributed by atoms with Crippen molar-refractivity contribution in [3.63, 3.8) is 0 Å². The number of fused-ring (bicyclic) bond motifs is 1. The Morgan fingerprint density at radius 1 is 1.14 bits per heavy atom. The third-order valence-electron chi connectivity index (χ3n) is 7.80. The molecule has 2 saturated carbocycles. The van der Waals surface area contributed by atoms with Crippen LogP contribution in [0.1, 0.15) is 51.5 Å². The Balaban J connectivity index is 1.77. The molecule has 0 radical (unpaired) electrons. The van der Waals surface area contributed by atoms with Crippen molar-refractivity contribution in [3.05, 3.63) is 35.9 Å². The summed E-state index contributed by atoms with van der Waals surface area (Å²) >= 11 is 0. The predicted molar refractivity (Wildman–Crippen MR) is 108 cm³/mol. The number of aliphatic hydroxyl groups excluding tert-OH is 3. The second kappa shape index (κ2) is 8.13. The van der Waals surface area contributed by atoms with E-state index in [1.807, 2.05) is 44.3 Å². The number of aliphatic hydroxyl groups is 3. The molecule has 6 atom stereocenters. The molecule has 2 aliphatic rings. The largest absolute Gasteiger partial charge is 0.396 e. The first-order valence-electron chi connectivity index (χ1n) is 10.5. The molecular weight excluding hydrogens is 354 g/mol. The maximum absolute atomic E-state index is 13.0. The zero-order valence-electron chi connectivity index (χ0n) is 17.3. The molecule has 1 aromatic rings. The summed E-state index contributed by atoms with van der Waals surface area (Å²) in [6.07, 6.45) is 2.00. The smallest absolute Gasteiger partial charge is 0.223 e. The van der Waals surface area contributed by atoms with Crippen molar-refractivity contribution in [1.82, 2.24) is 4.90 Å². The summed E-state index contributed by atoms with van der Waals surface area (Å²) in [4.78, 5) is 14.7. The zero-order chi connectivity index (χ0) is 20.5. The van der Waals surface area contributed by atoms with Gasteiger partial charge in [0.2, 0.25) is 5.91 Å². The van der Waals surface area contributed by atoms with Crippen LogP contribution in [0.25, 0.3) is 0 Å². The van der Waals surface area contributed by atoms with Gasteiger partial charge in [0, 0.05) is 25.4 Å². The average molecular weight is 390 g/mol. The fourth-order valence-corrected chi connectivity index (χ4v) is 5.89. The van der Waals surface area contributed by atoms with Crippen molar-refractivity contribution < 1.29 is 20.1 Å². The van der Waals surface area contributed by atoms with Crippen molar-refractivity contribution in [2.45, 2.75) is 64.7 Å². The number of rotatable bonds is 5. The molecule has 2 aliphatic carbocycles. The predicted octanol–water partition coefficient (Wildman–Crippen LogP) is 2.58. The summed E-state index contributed by atoms with van der Waals surface area (Å²) in [5.74, 6) is -0.0312. The van der Waals surface area contributed by atoms with Crippen molar-refractivity contribution >= 4 is 5.91 Å². The molecule has 28 heavy (non-hydrogen) atoms. The molecule has 0 saturated heterocycles. The molecular formula is C23H35NO4. The highest BCUT2D eigenvalue weighted by Crippen LogP contribution is 2.60. The van der Waals surface area contributed by atoms with E-state index in [9.17, 15) is 20.1 Å². The summed E-state index contributed by atoms with van der Waals surface area (Å²) in [6, 6.07) is 9.90. The highest BCUT2D eigenvalue weighted by atomic mass is 16.3. The standard InChI is InChI=1S/C23H35NO4/c1-22-12-11-20(27)23(2,15-25)19(22)10-9-18(26)17(22)13-21(28)24(3)14-16-7-5-4-6-8-16/h4-8,17-20,25-27H,9-15H2,1-3H3/t17-,18-,19?,20-,22+,23+/m1/s1. The van der Waals surface area contributed by atoms with E-state index in [0.29, 0.717) is 25.8 Å². The van der Waals surface area contributed by atoms with Crippen LogP contribution >= 0.6 is 0 Å². The molecule has 156 valence electrons. The lowest BCUT2D eigenvalue weighted by Gasteiger charge is -2.60. The zero-order valence-corrected chi connectivity index (χ0v) is 17.3. The van der Waals surface area contributed by atoms with Gasteiger partial charge >= 0.3 is 0 Å². The second-order valence-corrected chi connectivity index (χ2v) is 9.47. The van der Waals surface area contributed by atoms with Crippen LogP contribution in [0, 0.1) is 22.7 Å². The van der Waals surface area contributed by atoms with Crippen LogP contribution in [-0.2, 0) is 11.3 Å². The van der Waals surface area contributed by atoms with Crippen molar-refractivity contribution in [2.75, 3.05) is 13.7 Å². The van der Waals surface area contributed by atoms with Gasteiger partial charge in [-0.05, 0) is 48.5 Å². The van der Waals surface area contributed by atoms with Crippen LogP contribution in [-0.4, -0.2) is 52.0 Å².